The SMILES string of the molecule is CC.N=C/C=C(\N)c1cc(NC(=O)Cc2ccc(F)cc2)ccc1OCCN. The van der Waals surface area contributed by atoms with Gasteiger partial charge in [-0.1, -0.05) is 26.0 Å². The minimum absolute atomic E-state index is 0.118. The Morgan fingerprint density at radius 2 is 1.89 bits per heavy atom. The summed E-state index contributed by atoms with van der Waals surface area (Å²) in [5, 5.41) is 9.93. The maximum Gasteiger partial charge on any atom is 0.228 e. The van der Waals surface area contributed by atoms with Crippen LogP contribution in [0.3, 0.4) is 0 Å². The van der Waals surface area contributed by atoms with Crippen LogP contribution in [0.2, 0.25) is 0 Å². The Kier molecular flexibility index (Phi) is 9.99. The first-order chi connectivity index (χ1) is 13.5. The molecule has 0 radical (unpaired) electrons. The third-order valence-electron chi connectivity index (χ3n) is 3.49. The number of carbonyl (C=O) groups excluding carboxylic acids is 1. The third-order valence-corrected chi connectivity index (χ3v) is 3.49. The van der Waals surface area contributed by atoms with Gasteiger partial charge in [0.05, 0.1) is 6.42 Å². The molecule has 7 heteroatoms. The Morgan fingerprint density at radius 3 is 2.50 bits per heavy atom. The monoisotopic (exact) mass is 386 g/mol. The van der Waals surface area contributed by atoms with Crippen molar-refractivity contribution in [1.82, 2.24) is 0 Å². The molecule has 2 aromatic carbocycles. The molecule has 0 aromatic heterocycles. The van der Waals surface area contributed by atoms with Crippen molar-refractivity contribution >= 4 is 23.5 Å². The fraction of sp³-hybridized carbons (Fsp3) is 0.238. The van der Waals surface area contributed by atoms with Crippen molar-refractivity contribution in [3.05, 3.63) is 65.5 Å². The second-order valence-corrected chi connectivity index (χ2v) is 5.49. The molecule has 150 valence electrons. The standard InChI is InChI=1S/C19H21FN4O2.C2H6/c20-14-3-1-13(2-4-14)11-19(25)24-15-5-6-18(26-10-9-22)16(12-15)17(23)7-8-21;1-2/h1-8,12,21H,9-11,22-23H2,(H,24,25);1-2H3/b17-7-,21-8?;. The third kappa shape index (κ3) is 7.20. The number of halogens is 1. The van der Waals surface area contributed by atoms with Crippen LogP contribution < -0.4 is 21.5 Å². The quantitative estimate of drug-likeness (QED) is 0.521. The minimum Gasteiger partial charge on any atom is -0.492 e. The van der Waals surface area contributed by atoms with Crippen molar-refractivity contribution in [2.75, 3.05) is 18.5 Å². The van der Waals surface area contributed by atoms with E-state index in [1.165, 1.54) is 18.2 Å². The molecule has 0 saturated carbocycles. The topological polar surface area (TPSA) is 114 Å². The van der Waals surface area contributed by atoms with Gasteiger partial charge in [0.25, 0.3) is 0 Å². The maximum absolute atomic E-state index is 12.9. The average Bonchev–Trinajstić information content (AvgIpc) is 2.70. The lowest BCUT2D eigenvalue weighted by atomic mass is 10.1. The van der Waals surface area contributed by atoms with E-state index in [1.807, 2.05) is 13.8 Å². The number of ether oxygens (including phenoxy) is 1. The first-order valence-corrected chi connectivity index (χ1v) is 9.01. The molecular weight excluding hydrogens is 359 g/mol. The van der Waals surface area contributed by atoms with Gasteiger partial charge in [0.15, 0.2) is 0 Å². The molecular formula is C21H27FN4O2. The number of carbonyl (C=O) groups is 1. The first-order valence-electron chi connectivity index (χ1n) is 9.01. The van der Waals surface area contributed by atoms with Gasteiger partial charge in [0.2, 0.25) is 5.91 Å². The zero-order valence-electron chi connectivity index (χ0n) is 16.2. The van der Waals surface area contributed by atoms with E-state index in [4.69, 9.17) is 21.6 Å². The largest absolute Gasteiger partial charge is 0.492 e. The van der Waals surface area contributed by atoms with E-state index in [2.05, 4.69) is 5.32 Å². The lowest BCUT2D eigenvalue weighted by Crippen LogP contribution is -2.15. The molecule has 0 spiro atoms. The molecule has 0 aliphatic rings. The van der Waals surface area contributed by atoms with Crippen LogP contribution in [0.15, 0.2) is 48.5 Å². The van der Waals surface area contributed by atoms with Crippen LogP contribution in [0.25, 0.3) is 5.70 Å². The van der Waals surface area contributed by atoms with E-state index in [-0.39, 0.29) is 18.1 Å². The highest BCUT2D eigenvalue weighted by Gasteiger charge is 2.10. The van der Waals surface area contributed by atoms with Crippen molar-refractivity contribution in [3.8, 4) is 5.75 Å². The highest BCUT2D eigenvalue weighted by atomic mass is 19.1. The molecule has 2 aromatic rings. The van der Waals surface area contributed by atoms with E-state index >= 15 is 0 Å². The van der Waals surface area contributed by atoms with Gasteiger partial charge < -0.3 is 26.9 Å². The molecule has 1 amide bonds. The van der Waals surface area contributed by atoms with E-state index in [0.29, 0.717) is 41.4 Å². The maximum atomic E-state index is 12.9. The Hall–Kier alpha value is -3.19. The Bertz CT molecular complexity index is 805. The number of benzene rings is 2. The van der Waals surface area contributed by atoms with Crippen LogP contribution in [-0.4, -0.2) is 25.3 Å². The second kappa shape index (κ2) is 12.2. The van der Waals surface area contributed by atoms with Crippen molar-refractivity contribution < 1.29 is 13.9 Å². The van der Waals surface area contributed by atoms with E-state index in [0.717, 1.165) is 6.21 Å². The molecule has 0 atom stereocenters. The first kappa shape index (κ1) is 22.9. The highest BCUT2D eigenvalue weighted by molar-refractivity contribution is 5.93. The van der Waals surface area contributed by atoms with Gasteiger partial charge >= 0.3 is 0 Å². The summed E-state index contributed by atoms with van der Waals surface area (Å²) >= 11 is 0. The number of nitrogens with one attached hydrogen (secondary N) is 2. The number of hydrogen-bond acceptors (Lipinski definition) is 5. The highest BCUT2D eigenvalue weighted by Crippen LogP contribution is 2.27. The fourth-order valence-corrected chi connectivity index (χ4v) is 2.30. The van der Waals surface area contributed by atoms with E-state index in [9.17, 15) is 9.18 Å². The summed E-state index contributed by atoms with van der Waals surface area (Å²) in [5.41, 5.74) is 13.5. The number of amides is 1. The van der Waals surface area contributed by atoms with Gasteiger partial charge in [0.1, 0.15) is 18.2 Å². The minimum atomic E-state index is -0.347. The molecule has 0 bridgehead atoms. The molecule has 2 rings (SSSR count). The van der Waals surface area contributed by atoms with Crippen LogP contribution in [0.4, 0.5) is 10.1 Å². The summed E-state index contributed by atoms with van der Waals surface area (Å²) in [7, 11) is 0. The molecule has 0 aliphatic carbocycles. The van der Waals surface area contributed by atoms with Gasteiger partial charge in [-0.3, -0.25) is 4.79 Å². The zero-order chi connectivity index (χ0) is 20.9. The van der Waals surface area contributed by atoms with Crippen LogP contribution in [0.1, 0.15) is 25.0 Å². The smallest absolute Gasteiger partial charge is 0.228 e. The molecule has 0 saturated heterocycles. The summed E-state index contributed by atoms with van der Waals surface area (Å²) in [6.07, 6.45) is 2.61. The summed E-state index contributed by atoms with van der Waals surface area (Å²) in [6, 6.07) is 10.8. The van der Waals surface area contributed by atoms with Crippen molar-refractivity contribution in [1.29, 1.82) is 5.41 Å². The summed E-state index contributed by atoms with van der Waals surface area (Å²) in [4.78, 5) is 12.2. The van der Waals surface area contributed by atoms with Gasteiger partial charge in [-0.25, -0.2) is 4.39 Å². The molecule has 28 heavy (non-hydrogen) atoms. The van der Waals surface area contributed by atoms with Gasteiger partial charge in [-0.2, -0.15) is 0 Å². The molecule has 0 fully saturated rings. The molecule has 6 nitrogen and oxygen atoms in total. The van der Waals surface area contributed by atoms with Crippen LogP contribution in [-0.2, 0) is 11.2 Å². The lowest BCUT2D eigenvalue weighted by molar-refractivity contribution is -0.115. The molecule has 0 heterocycles. The summed E-state index contributed by atoms with van der Waals surface area (Å²) < 4.78 is 18.5. The molecule has 6 N–H and O–H groups in total. The summed E-state index contributed by atoms with van der Waals surface area (Å²) in [5.74, 6) is -0.0734. The Balaban J connectivity index is 0.00000190. The lowest BCUT2D eigenvalue weighted by Gasteiger charge is -2.13. The predicted molar refractivity (Wildman–Crippen MR) is 112 cm³/mol. The normalized spacial score (nSPS) is 10.5. The van der Waals surface area contributed by atoms with Crippen molar-refractivity contribution in [3.63, 3.8) is 0 Å². The van der Waals surface area contributed by atoms with Gasteiger partial charge in [0, 0.05) is 29.7 Å². The fourth-order valence-electron chi connectivity index (χ4n) is 2.30. The number of rotatable bonds is 8. The van der Waals surface area contributed by atoms with Crippen molar-refractivity contribution in [2.24, 2.45) is 11.5 Å². The number of nitrogens with two attached hydrogens (primary N) is 2. The van der Waals surface area contributed by atoms with Crippen LogP contribution >= 0.6 is 0 Å². The van der Waals surface area contributed by atoms with Crippen molar-refractivity contribution in [2.45, 2.75) is 20.3 Å². The van der Waals surface area contributed by atoms with Gasteiger partial charge in [-0.05, 0) is 42.0 Å². The molecule has 0 aliphatic heterocycles. The number of hydrogen-bond donors (Lipinski definition) is 4. The average molecular weight is 386 g/mol. The Labute approximate surface area is 164 Å². The Morgan fingerprint density at radius 1 is 1.21 bits per heavy atom. The second-order valence-electron chi connectivity index (χ2n) is 5.49. The zero-order valence-corrected chi connectivity index (χ0v) is 16.2. The van der Waals surface area contributed by atoms with E-state index < -0.39 is 0 Å². The van der Waals surface area contributed by atoms with Crippen LogP contribution in [0, 0.1) is 11.2 Å². The molecule has 0 unspecified atom stereocenters. The van der Waals surface area contributed by atoms with Crippen LogP contribution in [0.5, 0.6) is 5.75 Å². The van der Waals surface area contributed by atoms with Gasteiger partial charge in [-0.15, -0.1) is 0 Å². The predicted octanol–water partition coefficient (Wildman–Crippen LogP) is 3.32. The summed E-state index contributed by atoms with van der Waals surface area (Å²) in [6.45, 7) is 4.67. The number of allylic oxidation sites excluding steroid dienone is 1. The van der Waals surface area contributed by atoms with E-state index in [1.54, 1.807) is 30.3 Å². The number of anilines is 1.